The van der Waals surface area contributed by atoms with Crippen LogP contribution in [0.3, 0.4) is 0 Å². The van der Waals surface area contributed by atoms with Crippen LogP contribution in [0.4, 0.5) is 0 Å². The van der Waals surface area contributed by atoms with Gasteiger partial charge in [-0.2, -0.15) is 0 Å². The van der Waals surface area contributed by atoms with E-state index in [9.17, 15) is 9.90 Å². The van der Waals surface area contributed by atoms with Gasteiger partial charge in [-0.25, -0.2) is 4.98 Å². The van der Waals surface area contributed by atoms with Gasteiger partial charge in [0.15, 0.2) is 0 Å². The average Bonchev–Trinajstić information content (AvgIpc) is 2.69. The van der Waals surface area contributed by atoms with E-state index < -0.39 is 0 Å². The summed E-state index contributed by atoms with van der Waals surface area (Å²) >= 11 is 5.76. The van der Waals surface area contributed by atoms with E-state index in [4.69, 9.17) is 11.6 Å². The first-order valence-corrected chi connectivity index (χ1v) is 6.05. The number of likely N-dealkylation sites (tertiary alicyclic amines) is 1. The van der Waals surface area contributed by atoms with Crippen molar-refractivity contribution in [3.8, 4) is 0 Å². The lowest BCUT2D eigenvalue weighted by molar-refractivity contribution is 0.0642. The summed E-state index contributed by atoms with van der Waals surface area (Å²) in [6, 6.07) is 4.87. The fourth-order valence-corrected chi connectivity index (χ4v) is 2.38. The second-order valence-corrected chi connectivity index (χ2v) is 4.75. The van der Waals surface area contributed by atoms with Gasteiger partial charge in [0, 0.05) is 6.54 Å². The summed E-state index contributed by atoms with van der Waals surface area (Å²) in [4.78, 5) is 17.9. The second kappa shape index (κ2) is 5.02. The molecule has 0 bridgehead atoms. The van der Waals surface area contributed by atoms with Gasteiger partial charge in [0.25, 0.3) is 5.91 Å². The third-order valence-electron chi connectivity index (χ3n) is 3.26. The summed E-state index contributed by atoms with van der Waals surface area (Å²) in [6.07, 6.45) is 0.914. The lowest BCUT2D eigenvalue weighted by Gasteiger charge is -2.24. The maximum absolute atomic E-state index is 12.2. The van der Waals surface area contributed by atoms with Crippen LogP contribution in [0.1, 0.15) is 23.8 Å². The molecule has 0 spiro atoms. The van der Waals surface area contributed by atoms with Gasteiger partial charge >= 0.3 is 0 Å². The summed E-state index contributed by atoms with van der Waals surface area (Å²) in [5.74, 6) is 0.166. The summed E-state index contributed by atoms with van der Waals surface area (Å²) in [5.41, 5.74) is 0.338. The van der Waals surface area contributed by atoms with Gasteiger partial charge in [-0.15, -0.1) is 0 Å². The Morgan fingerprint density at radius 1 is 1.65 bits per heavy atom. The van der Waals surface area contributed by atoms with E-state index in [2.05, 4.69) is 4.98 Å². The van der Waals surface area contributed by atoms with Gasteiger partial charge in [-0.1, -0.05) is 24.6 Å². The van der Waals surface area contributed by atoms with Crippen molar-refractivity contribution in [3.63, 3.8) is 0 Å². The number of nitrogens with zero attached hydrogens (tertiary/aromatic N) is 2. The van der Waals surface area contributed by atoms with E-state index in [0.29, 0.717) is 23.3 Å². The molecule has 0 aliphatic carbocycles. The van der Waals surface area contributed by atoms with Crippen molar-refractivity contribution in [2.45, 2.75) is 19.4 Å². The first-order valence-electron chi connectivity index (χ1n) is 5.68. The number of pyridine rings is 1. The highest BCUT2D eigenvalue weighted by atomic mass is 35.5. The third kappa shape index (κ3) is 2.42. The van der Waals surface area contributed by atoms with Crippen LogP contribution in [0.15, 0.2) is 18.2 Å². The monoisotopic (exact) mass is 254 g/mol. The van der Waals surface area contributed by atoms with Crippen LogP contribution in [0.25, 0.3) is 0 Å². The minimum absolute atomic E-state index is 0.00648. The van der Waals surface area contributed by atoms with Gasteiger partial charge in [-0.3, -0.25) is 4.79 Å². The van der Waals surface area contributed by atoms with Crippen LogP contribution >= 0.6 is 11.6 Å². The van der Waals surface area contributed by atoms with Crippen molar-refractivity contribution in [2.75, 3.05) is 13.2 Å². The van der Waals surface area contributed by atoms with E-state index in [0.717, 1.165) is 6.42 Å². The molecule has 2 atom stereocenters. The molecular weight excluding hydrogens is 240 g/mol. The molecule has 0 saturated carbocycles. The van der Waals surface area contributed by atoms with Crippen molar-refractivity contribution in [3.05, 3.63) is 29.0 Å². The van der Waals surface area contributed by atoms with Gasteiger partial charge in [0.05, 0.1) is 12.6 Å². The quantitative estimate of drug-likeness (QED) is 0.816. The number of carbonyl (C=O) groups is 1. The summed E-state index contributed by atoms with van der Waals surface area (Å²) < 4.78 is 0. The number of halogens is 1. The number of rotatable bonds is 2. The lowest BCUT2D eigenvalue weighted by Crippen LogP contribution is -2.40. The van der Waals surface area contributed by atoms with E-state index in [1.54, 1.807) is 23.1 Å². The Morgan fingerprint density at radius 2 is 2.41 bits per heavy atom. The molecule has 1 saturated heterocycles. The number of aromatic nitrogens is 1. The van der Waals surface area contributed by atoms with Crippen LogP contribution in [-0.4, -0.2) is 40.1 Å². The number of carbonyl (C=O) groups excluding carboxylic acids is 1. The minimum atomic E-state index is -0.157. The number of hydrogen-bond donors (Lipinski definition) is 1. The van der Waals surface area contributed by atoms with Crippen molar-refractivity contribution in [2.24, 2.45) is 5.92 Å². The predicted octanol–water partition coefficient (Wildman–Crippen LogP) is 1.58. The molecule has 1 N–H and O–H groups in total. The SMILES string of the molecule is CC1CCN(C(=O)c2cccc(Cl)n2)C1CO. The molecule has 4 nitrogen and oxygen atoms in total. The maximum atomic E-state index is 12.2. The molecule has 2 rings (SSSR count). The largest absolute Gasteiger partial charge is 0.394 e. The summed E-state index contributed by atoms with van der Waals surface area (Å²) in [5, 5.41) is 9.63. The van der Waals surface area contributed by atoms with Crippen molar-refractivity contribution in [1.29, 1.82) is 0 Å². The molecule has 1 aromatic rings. The molecule has 17 heavy (non-hydrogen) atoms. The highest BCUT2D eigenvalue weighted by Crippen LogP contribution is 2.25. The van der Waals surface area contributed by atoms with Gasteiger partial charge in [0.2, 0.25) is 0 Å². The molecule has 92 valence electrons. The Bertz CT molecular complexity index is 425. The van der Waals surface area contributed by atoms with E-state index in [-0.39, 0.29) is 18.6 Å². The molecule has 1 aliphatic rings. The zero-order chi connectivity index (χ0) is 12.4. The van der Waals surface area contributed by atoms with E-state index >= 15 is 0 Å². The van der Waals surface area contributed by atoms with Crippen LogP contribution in [0.5, 0.6) is 0 Å². The molecule has 0 radical (unpaired) electrons. The third-order valence-corrected chi connectivity index (χ3v) is 3.48. The zero-order valence-corrected chi connectivity index (χ0v) is 10.4. The molecule has 1 fully saturated rings. The first kappa shape index (κ1) is 12.3. The molecule has 2 unspecified atom stereocenters. The highest BCUT2D eigenvalue weighted by Gasteiger charge is 2.34. The van der Waals surface area contributed by atoms with E-state index in [1.807, 2.05) is 6.92 Å². The maximum Gasteiger partial charge on any atom is 0.272 e. The van der Waals surface area contributed by atoms with Crippen molar-refractivity contribution in [1.82, 2.24) is 9.88 Å². The summed E-state index contributed by atoms with van der Waals surface area (Å²) in [7, 11) is 0. The second-order valence-electron chi connectivity index (χ2n) is 4.36. The molecule has 5 heteroatoms. The van der Waals surface area contributed by atoms with Crippen molar-refractivity contribution < 1.29 is 9.90 Å². The zero-order valence-electron chi connectivity index (χ0n) is 9.64. The Labute approximate surface area is 105 Å². The van der Waals surface area contributed by atoms with Crippen LogP contribution in [0.2, 0.25) is 5.15 Å². The Balaban J connectivity index is 2.20. The molecule has 1 aromatic heterocycles. The van der Waals surface area contributed by atoms with Gasteiger partial charge < -0.3 is 10.0 Å². The molecule has 0 aromatic carbocycles. The number of aliphatic hydroxyl groups excluding tert-OH is 1. The van der Waals surface area contributed by atoms with E-state index in [1.165, 1.54) is 0 Å². The standard InChI is InChI=1S/C12H15ClN2O2/c1-8-5-6-15(10(8)7-16)12(17)9-3-2-4-11(13)14-9/h2-4,8,10,16H,5-7H2,1H3. The lowest BCUT2D eigenvalue weighted by atomic mass is 10.0. The number of aliphatic hydroxyl groups is 1. The summed E-state index contributed by atoms with van der Waals surface area (Å²) in [6.45, 7) is 2.70. The fraction of sp³-hybridized carbons (Fsp3) is 0.500. The van der Waals surface area contributed by atoms with Crippen molar-refractivity contribution >= 4 is 17.5 Å². The molecule has 2 heterocycles. The van der Waals surface area contributed by atoms with Crippen LogP contribution < -0.4 is 0 Å². The first-order chi connectivity index (χ1) is 8.13. The van der Waals surface area contributed by atoms with Gasteiger partial charge in [0.1, 0.15) is 10.8 Å². The Hall–Kier alpha value is -1.13. The molecular formula is C12H15ClN2O2. The van der Waals surface area contributed by atoms with Crippen LogP contribution in [-0.2, 0) is 0 Å². The number of hydrogen-bond acceptors (Lipinski definition) is 3. The predicted molar refractivity (Wildman–Crippen MR) is 64.9 cm³/mol. The Kier molecular flexibility index (Phi) is 3.64. The minimum Gasteiger partial charge on any atom is -0.394 e. The molecule has 1 aliphatic heterocycles. The normalized spacial score (nSPS) is 24.1. The topological polar surface area (TPSA) is 53.4 Å². The highest BCUT2D eigenvalue weighted by molar-refractivity contribution is 6.29. The smallest absolute Gasteiger partial charge is 0.272 e. The fourth-order valence-electron chi connectivity index (χ4n) is 2.21. The average molecular weight is 255 g/mol. The Morgan fingerprint density at radius 3 is 3.06 bits per heavy atom. The van der Waals surface area contributed by atoms with Gasteiger partial charge in [-0.05, 0) is 24.5 Å². The van der Waals surface area contributed by atoms with Crippen LogP contribution in [0, 0.1) is 5.92 Å². The number of amides is 1. The molecule has 1 amide bonds.